The Labute approximate surface area is 247 Å². The van der Waals surface area contributed by atoms with Gasteiger partial charge in [0.15, 0.2) is 23.5 Å². The van der Waals surface area contributed by atoms with Gasteiger partial charge < -0.3 is 19.5 Å². The number of benzene rings is 1. The van der Waals surface area contributed by atoms with Crippen molar-refractivity contribution in [1.82, 2.24) is 30.3 Å². The number of nitrogens with zero attached hydrogens (tertiary/aromatic N) is 4. The van der Waals surface area contributed by atoms with Crippen LogP contribution in [-0.4, -0.2) is 44.9 Å². The summed E-state index contributed by atoms with van der Waals surface area (Å²) in [6, 6.07) is 11.0. The first kappa shape index (κ1) is 27.6. The fourth-order valence-corrected chi connectivity index (χ4v) is 7.29. The van der Waals surface area contributed by atoms with E-state index in [2.05, 4.69) is 64.9 Å². The summed E-state index contributed by atoms with van der Waals surface area (Å²) < 4.78 is 8.50. The van der Waals surface area contributed by atoms with Gasteiger partial charge >= 0.3 is 6.09 Å². The van der Waals surface area contributed by atoms with Crippen LogP contribution >= 0.6 is 0 Å². The molecule has 0 spiro atoms. The van der Waals surface area contributed by atoms with E-state index < -0.39 is 12.3 Å². The molecule has 2 aromatic heterocycles. The monoisotopic (exact) mass is 573 g/mol. The minimum absolute atomic E-state index is 0.200. The highest BCUT2D eigenvalue weighted by atomic mass is 16.7. The number of nitrogens with one attached hydrogen (secondary N) is 3. The van der Waals surface area contributed by atoms with Crippen LogP contribution in [0.25, 0.3) is 11.2 Å². The average Bonchev–Trinajstić information content (AvgIpc) is 3.57. The Kier molecular flexibility index (Phi) is 7.75. The topological polar surface area (TPSA) is 115 Å². The van der Waals surface area contributed by atoms with Crippen molar-refractivity contribution in [2.45, 2.75) is 95.8 Å². The molecule has 0 radical (unpaired) electrons. The number of carbonyl (C=O) groups excluding carboxylic acids is 1. The second-order valence-electron chi connectivity index (χ2n) is 13.0. The lowest BCUT2D eigenvalue weighted by Gasteiger charge is -2.34. The number of rotatable bonds is 8. The first-order valence-electron chi connectivity index (χ1n) is 15.9. The number of anilines is 1. The summed E-state index contributed by atoms with van der Waals surface area (Å²) in [5.74, 6) is 4.74. The van der Waals surface area contributed by atoms with E-state index in [1.165, 1.54) is 50.5 Å². The van der Waals surface area contributed by atoms with E-state index in [-0.39, 0.29) is 17.9 Å². The molecule has 3 N–H and O–H groups in total. The quantitative estimate of drug-likeness (QED) is 0.311. The highest BCUT2D eigenvalue weighted by molar-refractivity contribution is 5.84. The van der Waals surface area contributed by atoms with Crippen LogP contribution in [0.2, 0.25) is 0 Å². The van der Waals surface area contributed by atoms with E-state index in [0.29, 0.717) is 36.5 Å². The smallest absolute Gasteiger partial charge is 0.381 e. The molecule has 2 aliphatic carbocycles. The molecule has 7 rings (SSSR count). The van der Waals surface area contributed by atoms with Crippen molar-refractivity contribution in [2.24, 2.45) is 17.8 Å². The Bertz CT molecular complexity index is 1400. The van der Waals surface area contributed by atoms with Crippen LogP contribution in [0.3, 0.4) is 0 Å². The summed E-state index contributed by atoms with van der Waals surface area (Å²) >= 11 is 0. The van der Waals surface area contributed by atoms with Crippen LogP contribution in [0, 0.1) is 17.8 Å². The summed E-state index contributed by atoms with van der Waals surface area (Å²) in [6.45, 7) is 6.93. The molecule has 4 heterocycles. The van der Waals surface area contributed by atoms with Gasteiger partial charge in [0.25, 0.3) is 0 Å². The maximum absolute atomic E-state index is 11.9. The third-order valence-electron chi connectivity index (χ3n) is 10.2. The Balaban J connectivity index is 1.35. The zero-order chi connectivity index (χ0) is 28.6. The number of hydrogen-bond donors (Lipinski definition) is 3. The van der Waals surface area contributed by atoms with Gasteiger partial charge in [-0.2, -0.15) is 0 Å². The number of hydrogen-bond acceptors (Lipinski definition) is 8. The van der Waals surface area contributed by atoms with Gasteiger partial charge in [0.1, 0.15) is 11.3 Å². The predicted octanol–water partition coefficient (Wildman–Crippen LogP) is 5.78. The molecule has 10 nitrogen and oxygen atoms in total. The normalized spacial score (nSPS) is 29.1. The molecule has 4 fully saturated rings. The lowest BCUT2D eigenvalue weighted by Crippen LogP contribution is -2.32. The number of hydroxylamine groups is 1. The molecule has 224 valence electrons. The van der Waals surface area contributed by atoms with Crippen molar-refractivity contribution in [3.63, 3.8) is 0 Å². The fourth-order valence-electron chi connectivity index (χ4n) is 7.29. The molecule has 4 aliphatic rings. The summed E-state index contributed by atoms with van der Waals surface area (Å²) in [7, 11) is 0. The molecule has 1 aromatic carbocycles. The van der Waals surface area contributed by atoms with E-state index >= 15 is 0 Å². The molecule has 42 heavy (non-hydrogen) atoms. The van der Waals surface area contributed by atoms with Crippen molar-refractivity contribution < 1.29 is 14.4 Å². The Morgan fingerprint density at radius 1 is 1.02 bits per heavy atom. The number of carbonyl (C=O) groups is 1. The zero-order valence-corrected chi connectivity index (χ0v) is 24.7. The SMILES string of the molecule is CC1CCC(Cn2c(C3CCOCC3c3ccccc3)nc3nc(C4NOC(=O)N4)nc(N[C@H](C)C4CCC4)c32)CC1. The van der Waals surface area contributed by atoms with Crippen LogP contribution in [0.4, 0.5) is 10.6 Å². The number of amides is 1. The van der Waals surface area contributed by atoms with Gasteiger partial charge in [-0.25, -0.2) is 19.7 Å². The Morgan fingerprint density at radius 2 is 1.83 bits per heavy atom. The first-order valence-corrected chi connectivity index (χ1v) is 15.9. The van der Waals surface area contributed by atoms with Gasteiger partial charge in [-0.1, -0.05) is 56.5 Å². The van der Waals surface area contributed by atoms with Gasteiger partial charge in [0.2, 0.25) is 0 Å². The van der Waals surface area contributed by atoms with E-state index in [1.807, 2.05) is 0 Å². The third kappa shape index (κ3) is 5.46. The minimum Gasteiger partial charge on any atom is -0.381 e. The molecule has 3 unspecified atom stereocenters. The van der Waals surface area contributed by atoms with Gasteiger partial charge in [-0.15, -0.1) is 5.48 Å². The lowest BCUT2D eigenvalue weighted by atomic mass is 9.80. The Morgan fingerprint density at radius 3 is 2.55 bits per heavy atom. The summed E-state index contributed by atoms with van der Waals surface area (Å²) in [6.07, 6.45) is 8.48. The molecular weight excluding hydrogens is 530 g/mol. The molecule has 1 amide bonds. The van der Waals surface area contributed by atoms with Crippen LogP contribution in [0.1, 0.15) is 100 Å². The van der Waals surface area contributed by atoms with E-state index in [1.54, 1.807) is 0 Å². The minimum atomic E-state index is -0.630. The maximum Gasteiger partial charge on any atom is 0.427 e. The molecule has 3 aromatic rings. The van der Waals surface area contributed by atoms with Crippen LogP contribution < -0.4 is 16.1 Å². The van der Waals surface area contributed by atoms with Gasteiger partial charge in [0, 0.05) is 31.0 Å². The molecule has 4 atom stereocenters. The molecular formula is C32H43N7O3. The van der Waals surface area contributed by atoms with Gasteiger partial charge in [-0.05, 0) is 62.3 Å². The number of fused-ring (bicyclic) bond motifs is 1. The molecule has 0 bridgehead atoms. The number of aromatic nitrogens is 4. The average molecular weight is 574 g/mol. The fraction of sp³-hybridized carbons (Fsp3) is 0.625. The largest absolute Gasteiger partial charge is 0.427 e. The summed E-state index contributed by atoms with van der Waals surface area (Å²) in [5, 5.41) is 6.56. The zero-order valence-electron chi connectivity index (χ0n) is 24.7. The van der Waals surface area contributed by atoms with Crippen molar-refractivity contribution in [3.05, 3.63) is 47.5 Å². The van der Waals surface area contributed by atoms with Crippen LogP contribution in [0.5, 0.6) is 0 Å². The van der Waals surface area contributed by atoms with Crippen molar-refractivity contribution in [2.75, 3.05) is 18.5 Å². The van der Waals surface area contributed by atoms with Crippen molar-refractivity contribution >= 4 is 23.1 Å². The predicted molar refractivity (Wildman–Crippen MR) is 160 cm³/mol. The first-order chi connectivity index (χ1) is 20.5. The standard InChI is InChI=1S/C32H43N7O3/c1-19-11-13-21(14-12-19)17-39-26-27(33-20(2)22-9-6-10-22)34-29(30-37-32(40)42-38-30)35-28(26)36-31(39)24-15-16-41-18-25(24)23-7-4-3-5-8-23/h3-5,7-8,19-22,24-25,30,38H,6,9-18H2,1-2H3,(H,37,40)(H,33,34,35)/t19?,20-,21?,24?,25?,30?/m1/s1. The Hall–Kier alpha value is -3.24. The van der Waals surface area contributed by atoms with E-state index in [4.69, 9.17) is 24.5 Å². The maximum atomic E-state index is 11.9. The van der Waals surface area contributed by atoms with E-state index in [0.717, 1.165) is 36.0 Å². The molecule has 2 saturated carbocycles. The van der Waals surface area contributed by atoms with Crippen molar-refractivity contribution in [3.8, 4) is 0 Å². The summed E-state index contributed by atoms with van der Waals surface area (Å²) in [5.41, 5.74) is 5.66. The molecule has 2 saturated heterocycles. The lowest BCUT2D eigenvalue weighted by molar-refractivity contribution is 0.0647. The highest BCUT2D eigenvalue weighted by Crippen LogP contribution is 2.42. The molecule has 10 heteroatoms. The van der Waals surface area contributed by atoms with Gasteiger partial charge in [-0.3, -0.25) is 5.32 Å². The number of ether oxygens (including phenoxy) is 1. The second kappa shape index (κ2) is 11.8. The van der Waals surface area contributed by atoms with Crippen LogP contribution in [-0.2, 0) is 16.1 Å². The highest BCUT2D eigenvalue weighted by Gasteiger charge is 2.36. The van der Waals surface area contributed by atoms with Crippen molar-refractivity contribution in [1.29, 1.82) is 0 Å². The molecule has 2 aliphatic heterocycles. The van der Waals surface area contributed by atoms with Crippen LogP contribution in [0.15, 0.2) is 30.3 Å². The number of imidazole rings is 1. The third-order valence-corrected chi connectivity index (χ3v) is 10.2. The van der Waals surface area contributed by atoms with E-state index in [9.17, 15) is 4.79 Å². The summed E-state index contributed by atoms with van der Waals surface area (Å²) in [4.78, 5) is 32.2. The van der Waals surface area contributed by atoms with Gasteiger partial charge in [0.05, 0.1) is 6.61 Å². The second-order valence-corrected chi connectivity index (χ2v) is 13.0.